The molecule has 36 heavy (non-hydrogen) atoms. The summed E-state index contributed by atoms with van der Waals surface area (Å²) >= 11 is 0. The van der Waals surface area contributed by atoms with Gasteiger partial charge in [-0.1, -0.05) is 25.1 Å². The van der Waals surface area contributed by atoms with Crippen LogP contribution in [0, 0.1) is 44.4 Å². The Bertz CT molecular complexity index is 1310. The number of ether oxygens (including phenoxy) is 1. The van der Waals surface area contributed by atoms with Gasteiger partial charge in [-0.25, -0.2) is 4.90 Å². The van der Waals surface area contributed by atoms with E-state index in [2.05, 4.69) is 0 Å². The molecule has 0 aromatic heterocycles. The van der Waals surface area contributed by atoms with Crippen LogP contribution in [-0.4, -0.2) is 30.2 Å². The Kier molecular flexibility index (Phi) is 6.02. The Morgan fingerprint density at radius 1 is 0.944 bits per heavy atom. The van der Waals surface area contributed by atoms with Crippen molar-refractivity contribution in [3.63, 3.8) is 0 Å². The van der Waals surface area contributed by atoms with E-state index in [0.717, 1.165) is 16.8 Å². The summed E-state index contributed by atoms with van der Waals surface area (Å²) < 4.78 is 5.62. The second kappa shape index (κ2) is 9.04. The number of aryl methyl sites for hydroxylation is 3. The fourth-order valence-electron chi connectivity index (χ4n) is 5.54. The summed E-state index contributed by atoms with van der Waals surface area (Å²) in [5.74, 6) is -1.82. The second-order valence-corrected chi connectivity index (χ2v) is 10.2. The quantitative estimate of drug-likeness (QED) is 0.279. The van der Waals surface area contributed by atoms with E-state index in [-0.39, 0.29) is 48.4 Å². The van der Waals surface area contributed by atoms with Crippen molar-refractivity contribution in [2.45, 2.75) is 40.5 Å². The van der Waals surface area contributed by atoms with Crippen molar-refractivity contribution in [1.82, 2.24) is 0 Å². The van der Waals surface area contributed by atoms with E-state index in [0.29, 0.717) is 23.4 Å². The summed E-state index contributed by atoms with van der Waals surface area (Å²) in [6.07, 6.45) is 4.64. The van der Waals surface area contributed by atoms with Crippen molar-refractivity contribution in [1.29, 1.82) is 0 Å². The van der Waals surface area contributed by atoms with E-state index in [1.54, 1.807) is 30.0 Å². The maximum atomic E-state index is 13.1. The number of imide groups is 1. The maximum Gasteiger partial charge on any atom is 0.316 e. The monoisotopic (exact) mass is 486 g/mol. The lowest BCUT2D eigenvalue weighted by atomic mass is 9.78. The molecule has 2 aliphatic heterocycles. The first kappa shape index (κ1) is 24.0. The number of benzene rings is 2. The van der Waals surface area contributed by atoms with Gasteiger partial charge in [-0.15, -0.1) is 0 Å². The number of anilines is 2. The first-order valence-corrected chi connectivity index (χ1v) is 12.4. The highest BCUT2D eigenvalue weighted by Crippen LogP contribution is 2.41. The third-order valence-electron chi connectivity index (χ3n) is 7.76. The van der Waals surface area contributed by atoms with Gasteiger partial charge in [-0.2, -0.15) is 0 Å². The Morgan fingerprint density at radius 3 is 2.42 bits per heavy atom. The number of carbonyl (C=O) groups is 4. The zero-order chi connectivity index (χ0) is 25.7. The highest BCUT2D eigenvalue weighted by Gasteiger charge is 2.50. The molecule has 3 aliphatic rings. The van der Waals surface area contributed by atoms with Crippen LogP contribution in [0.15, 0.2) is 48.6 Å². The molecule has 2 fully saturated rings. The van der Waals surface area contributed by atoms with Crippen LogP contribution >= 0.6 is 0 Å². The zero-order valence-electron chi connectivity index (χ0n) is 21.0. The van der Waals surface area contributed by atoms with Gasteiger partial charge in [0.1, 0.15) is 5.75 Å². The minimum Gasteiger partial charge on any atom is -0.426 e. The Hall–Kier alpha value is -3.74. The number of hydrogen-bond donors (Lipinski definition) is 0. The third kappa shape index (κ3) is 4.02. The minimum atomic E-state index is -0.571. The fourth-order valence-corrected chi connectivity index (χ4v) is 5.54. The summed E-state index contributed by atoms with van der Waals surface area (Å²) in [5.41, 5.74) is 4.19. The number of carbonyl (C=O) groups excluding carboxylic acids is 4. The van der Waals surface area contributed by atoms with Crippen molar-refractivity contribution in [3.05, 3.63) is 65.2 Å². The first-order chi connectivity index (χ1) is 17.2. The second-order valence-electron chi connectivity index (χ2n) is 10.2. The molecule has 0 bridgehead atoms. The normalized spacial score (nSPS) is 25.5. The average Bonchev–Trinajstić information content (AvgIpc) is 3.34. The smallest absolute Gasteiger partial charge is 0.316 e. The molecular weight excluding hydrogens is 456 g/mol. The van der Waals surface area contributed by atoms with Gasteiger partial charge in [0.05, 0.1) is 23.4 Å². The molecule has 0 N–H and O–H groups in total. The molecule has 186 valence electrons. The van der Waals surface area contributed by atoms with Crippen molar-refractivity contribution in [2.75, 3.05) is 16.3 Å². The van der Waals surface area contributed by atoms with Crippen LogP contribution < -0.4 is 14.5 Å². The van der Waals surface area contributed by atoms with Gasteiger partial charge in [0.15, 0.2) is 0 Å². The third-order valence-corrected chi connectivity index (χ3v) is 7.76. The highest BCUT2D eigenvalue weighted by molar-refractivity contribution is 6.22. The van der Waals surface area contributed by atoms with Crippen LogP contribution in [-0.2, 0) is 19.2 Å². The zero-order valence-corrected chi connectivity index (χ0v) is 21.0. The Balaban J connectivity index is 1.29. The van der Waals surface area contributed by atoms with Crippen LogP contribution in [0.1, 0.15) is 36.5 Å². The summed E-state index contributed by atoms with van der Waals surface area (Å²) in [6.45, 7) is 8.03. The predicted octanol–water partition coefficient (Wildman–Crippen LogP) is 4.27. The SMILES string of the molecule is Cc1ccc(N2C[C@H](C(=O)Oc3ccc(N4C(=O)[C@H]5[C@@H](C)C=CC[C@H]5C4=O)c(C)c3)CC2=O)cc1C. The molecule has 5 rings (SSSR count). The van der Waals surface area contributed by atoms with Gasteiger partial charge < -0.3 is 9.64 Å². The molecule has 2 saturated heterocycles. The van der Waals surface area contributed by atoms with Crippen molar-refractivity contribution >= 4 is 35.1 Å². The molecule has 2 aromatic carbocycles. The van der Waals surface area contributed by atoms with Crippen molar-refractivity contribution in [2.24, 2.45) is 23.7 Å². The topological polar surface area (TPSA) is 84.0 Å². The molecule has 7 nitrogen and oxygen atoms in total. The Labute approximate surface area is 210 Å². The molecule has 2 aromatic rings. The van der Waals surface area contributed by atoms with Crippen molar-refractivity contribution in [3.8, 4) is 5.75 Å². The van der Waals surface area contributed by atoms with Crippen LogP contribution in [0.2, 0.25) is 0 Å². The number of hydrogen-bond acceptors (Lipinski definition) is 5. The van der Waals surface area contributed by atoms with Gasteiger partial charge in [-0.05, 0) is 80.1 Å². The number of fused-ring (bicyclic) bond motifs is 1. The van der Waals surface area contributed by atoms with E-state index in [4.69, 9.17) is 4.74 Å². The first-order valence-electron chi connectivity index (χ1n) is 12.4. The standard InChI is InChI=1S/C29H30N2O5/c1-16-8-9-21(12-18(16)3)30-15-20(14-25(30)32)29(35)36-22-10-11-24(19(4)13-22)31-27(33)23-7-5-6-17(2)26(23)28(31)34/h5-6,8-13,17,20,23,26H,7,14-15H2,1-4H3/t17-,20+,23+,26-/m0/s1. The van der Waals surface area contributed by atoms with Crippen LogP contribution in [0.25, 0.3) is 0 Å². The van der Waals surface area contributed by atoms with Gasteiger partial charge in [0.2, 0.25) is 17.7 Å². The lowest BCUT2D eigenvalue weighted by Crippen LogP contribution is -2.32. The van der Waals surface area contributed by atoms with E-state index >= 15 is 0 Å². The fraction of sp³-hybridized carbons (Fsp3) is 0.379. The van der Waals surface area contributed by atoms with E-state index in [1.165, 1.54) is 4.90 Å². The molecular formula is C29H30N2O5. The lowest BCUT2D eigenvalue weighted by molar-refractivity contribution is -0.139. The maximum absolute atomic E-state index is 13.1. The van der Waals surface area contributed by atoms with Gasteiger partial charge in [-0.3, -0.25) is 19.2 Å². The summed E-state index contributed by atoms with van der Waals surface area (Å²) in [6, 6.07) is 10.7. The molecule has 4 atom stereocenters. The van der Waals surface area contributed by atoms with Crippen LogP contribution in [0.4, 0.5) is 11.4 Å². The molecule has 7 heteroatoms. The molecule has 0 saturated carbocycles. The van der Waals surface area contributed by atoms with E-state index < -0.39 is 11.9 Å². The lowest BCUT2D eigenvalue weighted by Gasteiger charge is -2.22. The number of amides is 3. The van der Waals surface area contributed by atoms with Crippen LogP contribution in [0.3, 0.4) is 0 Å². The predicted molar refractivity (Wildman–Crippen MR) is 136 cm³/mol. The molecule has 0 unspecified atom stereocenters. The largest absolute Gasteiger partial charge is 0.426 e. The minimum absolute atomic E-state index is 0.0169. The van der Waals surface area contributed by atoms with Gasteiger partial charge >= 0.3 is 5.97 Å². The average molecular weight is 487 g/mol. The van der Waals surface area contributed by atoms with Gasteiger partial charge in [0.25, 0.3) is 0 Å². The van der Waals surface area contributed by atoms with Crippen molar-refractivity contribution < 1.29 is 23.9 Å². The molecule has 3 amide bonds. The number of allylic oxidation sites excluding steroid dienone is 2. The molecule has 0 spiro atoms. The highest BCUT2D eigenvalue weighted by atomic mass is 16.5. The van der Waals surface area contributed by atoms with Crippen LogP contribution in [0.5, 0.6) is 5.75 Å². The van der Waals surface area contributed by atoms with E-state index in [9.17, 15) is 19.2 Å². The molecule has 1 aliphatic carbocycles. The summed E-state index contributed by atoms with van der Waals surface area (Å²) in [5, 5.41) is 0. The summed E-state index contributed by atoms with van der Waals surface area (Å²) in [4.78, 5) is 54.6. The van der Waals surface area contributed by atoms with E-state index in [1.807, 2.05) is 51.1 Å². The number of esters is 1. The number of nitrogens with zero attached hydrogens (tertiary/aromatic N) is 2. The number of rotatable bonds is 4. The summed E-state index contributed by atoms with van der Waals surface area (Å²) in [7, 11) is 0. The molecule has 2 heterocycles. The molecule has 0 radical (unpaired) electrons. The van der Waals surface area contributed by atoms with Gasteiger partial charge in [0, 0.05) is 18.7 Å². The Morgan fingerprint density at radius 2 is 1.72 bits per heavy atom.